The van der Waals surface area contributed by atoms with Crippen LogP contribution >= 0.6 is 0 Å². The Bertz CT molecular complexity index is 5880. The monoisotopic (exact) mass is 1570 g/mol. The predicted octanol–water partition coefficient (Wildman–Crippen LogP) is 15.5. The molecule has 25 nitrogen and oxygen atoms in total. The second-order valence-electron chi connectivity index (χ2n) is 26.3. The van der Waals surface area contributed by atoms with E-state index in [-0.39, 0.29) is 115 Å². The van der Waals surface area contributed by atoms with E-state index in [0.29, 0.717) is 80.7 Å². The average Bonchev–Trinajstić information content (AvgIpc) is 1.61. The highest BCUT2D eigenvalue weighted by Gasteiger charge is 2.45. The molecule has 4 aliphatic heterocycles. The number of rotatable bonds is 11. The molecule has 4 aromatic carbocycles. The standard InChI is InChI=1S/C20H15F3N4O3.C20H17F3N4O2.C20H15F3N4O2.C19H17FN4O2/c1-10-7-8-14(29-10)17-15-16(25-19(24)26-17)12(27(2)18(15)28)9-11-5-3-4-6-13(11)30-20(21,22)23;2*1-10-7-8-14(29-10)17-15-16(25-19(24)26-17)13(27(2)18(15)28)9-11-5-3-4-6-12(11)20(21,22)23;1-10-7-8-14(26-10)17-15-16(22-19(21)23-17)13(24(2)18(15)25)9-11-5-3-4-6-12(11)20/h3-9H,1-2H3,(H2,24,25,26);3-8,13H,9H2,1-2H3,(H2,24,25,26);3-9H,1-2H3,(H2,24,25,26);3-8,13H,9H2,1-2H3,(H2,21,22,23)/b12-9-;;13-9-;. The fourth-order valence-electron chi connectivity index (χ4n) is 13.3. The molecule has 0 fully saturated rings. The Balaban J connectivity index is 0.000000133. The van der Waals surface area contributed by atoms with Crippen LogP contribution in [0.5, 0.6) is 5.75 Å². The molecule has 35 heteroatoms. The highest BCUT2D eigenvalue weighted by atomic mass is 19.4. The Morgan fingerprint density at radius 2 is 0.728 bits per heavy atom. The summed E-state index contributed by atoms with van der Waals surface area (Å²) in [4.78, 5) is 90.5. The van der Waals surface area contributed by atoms with Crippen molar-refractivity contribution in [2.24, 2.45) is 0 Å². The Hall–Kier alpha value is -14.0. The van der Waals surface area contributed by atoms with Crippen molar-refractivity contribution in [1.82, 2.24) is 59.5 Å². The molecule has 16 rings (SSSR count). The molecule has 0 aliphatic carbocycles. The molecule has 4 aliphatic rings. The van der Waals surface area contributed by atoms with Crippen LogP contribution in [0.2, 0.25) is 0 Å². The minimum Gasteiger partial charge on any atom is -0.460 e. The summed E-state index contributed by atoms with van der Waals surface area (Å²) in [5.74, 6) is 1.54. The van der Waals surface area contributed by atoms with Crippen LogP contribution in [0, 0.1) is 33.5 Å². The van der Waals surface area contributed by atoms with Gasteiger partial charge in [0.2, 0.25) is 23.8 Å². The first-order valence-electron chi connectivity index (χ1n) is 34.3. The zero-order chi connectivity index (χ0) is 81.9. The minimum atomic E-state index is -4.86. The summed E-state index contributed by atoms with van der Waals surface area (Å²) < 4.78 is 159. The smallest absolute Gasteiger partial charge is 0.460 e. The number of ether oxygens (including phenoxy) is 1. The highest BCUT2D eigenvalue weighted by molar-refractivity contribution is 6.15. The molecule has 2 unspecified atom stereocenters. The van der Waals surface area contributed by atoms with Crippen LogP contribution in [-0.4, -0.2) is 118 Å². The number of nitrogens with zero attached hydrogens (tertiary/aromatic N) is 12. The molecule has 0 saturated carbocycles. The molecule has 2 atom stereocenters. The van der Waals surface area contributed by atoms with Crippen molar-refractivity contribution in [3.63, 3.8) is 0 Å². The third-order valence-corrected chi connectivity index (χ3v) is 18.6. The Labute approximate surface area is 640 Å². The zero-order valence-electron chi connectivity index (χ0n) is 61.2. The number of hydrogen-bond acceptors (Lipinski definition) is 21. The molecule has 8 aromatic heterocycles. The summed E-state index contributed by atoms with van der Waals surface area (Å²) in [6, 6.07) is 35.0. The van der Waals surface area contributed by atoms with E-state index in [9.17, 15) is 63.1 Å². The topological polar surface area (TPSA) is 350 Å². The molecule has 0 radical (unpaired) electrons. The van der Waals surface area contributed by atoms with E-state index in [2.05, 4.69) is 44.6 Å². The van der Waals surface area contributed by atoms with Gasteiger partial charge in [-0.05, 0) is 136 Å². The summed E-state index contributed by atoms with van der Waals surface area (Å²) in [6.07, 6.45) is -11.0. The van der Waals surface area contributed by atoms with E-state index in [4.69, 9.17) is 40.6 Å². The van der Waals surface area contributed by atoms with Gasteiger partial charge in [-0.2, -0.15) is 26.3 Å². The van der Waals surface area contributed by atoms with Crippen LogP contribution in [0.25, 0.3) is 69.4 Å². The number of fused-ring (bicyclic) bond motifs is 4. The molecular formula is C79H64F10N16O9. The van der Waals surface area contributed by atoms with Gasteiger partial charge in [-0.25, -0.2) is 44.3 Å². The number of aromatic nitrogens is 8. The van der Waals surface area contributed by atoms with E-state index in [1.54, 1.807) is 106 Å². The number of nitrogens with two attached hydrogens (primary N) is 4. The number of hydrogen-bond donors (Lipinski definition) is 4. The maximum absolute atomic E-state index is 14.1. The van der Waals surface area contributed by atoms with Gasteiger partial charge in [0.15, 0.2) is 23.0 Å². The maximum Gasteiger partial charge on any atom is 0.573 e. The quantitative estimate of drug-likeness (QED) is 0.0874. The second-order valence-corrected chi connectivity index (χ2v) is 26.3. The highest BCUT2D eigenvalue weighted by Crippen LogP contribution is 2.46. The van der Waals surface area contributed by atoms with Gasteiger partial charge in [-0.1, -0.05) is 72.8 Å². The van der Waals surface area contributed by atoms with Crippen LogP contribution in [0.3, 0.4) is 0 Å². The number of benzene rings is 4. The van der Waals surface area contributed by atoms with Crippen LogP contribution in [0.4, 0.5) is 67.7 Å². The number of alkyl halides is 9. The lowest BCUT2D eigenvalue weighted by molar-refractivity contribution is -0.274. The maximum atomic E-state index is 14.1. The van der Waals surface area contributed by atoms with Crippen molar-refractivity contribution in [3.8, 4) is 51.6 Å². The summed E-state index contributed by atoms with van der Waals surface area (Å²) >= 11 is 0. The van der Waals surface area contributed by atoms with E-state index in [1.807, 2.05) is 6.92 Å². The molecule has 114 heavy (non-hydrogen) atoms. The first-order valence-corrected chi connectivity index (χ1v) is 34.3. The van der Waals surface area contributed by atoms with Crippen molar-refractivity contribution >= 4 is 71.0 Å². The Morgan fingerprint density at radius 3 is 1.12 bits per heavy atom. The molecule has 584 valence electrons. The number of carbonyl (C=O) groups is 4. The lowest BCUT2D eigenvalue weighted by Gasteiger charge is -2.22. The van der Waals surface area contributed by atoms with Gasteiger partial charge in [-0.15, -0.1) is 13.2 Å². The van der Waals surface area contributed by atoms with Gasteiger partial charge in [0.25, 0.3) is 23.6 Å². The first-order chi connectivity index (χ1) is 53.9. The molecule has 8 N–H and O–H groups in total. The van der Waals surface area contributed by atoms with Gasteiger partial charge in [0.05, 0.1) is 68.2 Å². The van der Waals surface area contributed by atoms with E-state index in [1.165, 1.54) is 109 Å². The Kier molecular flexibility index (Phi) is 20.8. The van der Waals surface area contributed by atoms with Gasteiger partial charge >= 0.3 is 18.7 Å². The number of anilines is 4. The number of likely N-dealkylation sites (N-methyl/N-ethyl adjacent to an activating group) is 2. The van der Waals surface area contributed by atoms with Crippen LogP contribution in [-0.2, 0) is 25.2 Å². The number of carbonyl (C=O) groups excluding carboxylic acids is 4. The third-order valence-electron chi connectivity index (χ3n) is 18.6. The Morgan fingerprint density at radius 1 is 0.395 bits per heavy atom. The van der Waals surface area contributed by atoms with Crippen molar-refractivity contribution in [2.45, 2.75) is 71.3 Å². The van der Waals surface area contributed by atoms with Gasteiger partial charge in [0, 0.05) is 40.2 Å². The lowest BCUT2D eigenvalue weighted by Crippen LogP contribution is -2.25. The SMILES string of the molecule is Cc1ccc(-c2nc(N)nc3c2C(=O)N(C)/C3=C\c2ccccc2C(F)(F)F)o1.Cc1ccc(-c2nc(N)nc3c2C(=O)N(C)/C3=C\c2ccccc2OC(F)(F)F)o1.Cc1ccc(-c2nc(N)nc3c2C(=O)N(C)C3Cc2ccccc2C(F)(F)F)o1.Cc1ccc(-c2nc(N)nc3c2C(=O)N(C)C3Cc2ccccc2F)o1. The normalized spacial score (nSPS) is 15.7. The molecule has 12 heterocycles. The van der Waals surface area contributed by atoms with Crippen LogP contribution in [0.1, 0.15) is 133 Å². The second kappa shape index (κ2) is 30.3. The van der Waals surface area contributed by atoms with E-state index >= 15 is 0 Å². The van der Waals surface area contributed by atoms with Gasteiger partial charge < -0.3 is 64.9 Å². The van der Waals surface area contributed by atoms with Crippen molar-refractivity contribution in [2.75, 3.05) is 51.1 Å². The average molecular weight is 1570 g/mol. The van der Waals surface area contributed by atoms with Crippen molar-refractivity contribution < 1.29 is 85.5 Å². The van der Waals surface area contributed by atoms with Crippen LogP contribution in [0.15, 0.2) is 163 Å². The molecule has 4 amide bonds. The summed E-state index contributed by atoms with van der Waals surface area (Å²) in [7, 11) is 6.14. The van der Waals surface area contributed by atoms with Gasteiger partial charge in [0.1, 0.15) is 68.8 Å². The number of aryl methyl sites for hydroxylation is 4. The van der Waals surface area contributed by atoms with Crippen molar-refractivity contribution in [1.29, 1.82) is 0 Å². The summed E-state index contributed by atoms with van der Waals surface area (Å²) in [6.45, 7) is 7.04. The van der Waals surface area contributed by atoms with Gasteiger partial charge in [-0.3, -0.25) is 19.2 Å². The minimum absolute atomic E-state index is 0.0504. The summed E-state index contributed by atoms with van der Waals surface area (Å²) in [5, 5.41) is 0. The fraction of sp³-hybridized carbons (Fsp3) is 0.190. The molecule has 12 aromatic rings. The zero-order valence-corrected chi connectivity index (χ0v) is 61.2. The van der Waals surface area contributed by atoms with Crippen molar-refractivity contribution in [3.05, 3.63) is 253 Å². The number of halogens is 10. The van der Waals surface area contributed by atoms with E-state index in [0.717, 1.165) is 12.1 Å². The molecule has 0 bridgehead atoms. The largest absolute Gasteiger partial charge is 0.573 e. The molecule has 0 spiro atoms. The number of para-hydroxylation sites is 1. The fourth-order valence-corrected chi connectivity index (χ4v) is 13.3. The number of amides is 4. The third kappa shape index (κ3) is 15.6. The predicted molar refractivity (Wildman–Crippen MR) is 395 cm³/mol. The molecular weight excluding hydrogens is 1510 g/mol. The lowest BCUT2D eigenvalue weighted by atomic mass is 9.97. The number of furan rings is 4. The first kappa shape index (κ1) is 78.1. The van der Waals surface area contributed by atoms with Crippen LogP contribution < -0.4 is 27.7 Å². The van der Waals surface area contributed by atoms with E-state index < -0.39 is 65.4 Å². The molecule has 0 saturated heterocycles. The number of nitrogen functional groups attached to an aromatic ring is 4. The summed E-state index contributed by atoms with van der Waals surface area (Å²) in [5.41, 5.74) is 25.9.